The number of anilines is 3. The summed E-state index contributed by atoms with van der Waals surface area (Å²) in [6.07, 6.45) is 12.7. The van der Waals surface area contributed by atoms with Crippen LogP contribution in [-0.2, 0) is 6.54 Å². The molecule has 3 heterocycles. The van der Waals surface area contributed by atoms with Crippen molar-refractivity contribution in [3.8, 4) is 5.75 Å². The molecular weight excluding hydrogens is 400 g/mol. The number of hydrogen-bond donors (Lipinski definition) is 1. The second-order valence-corrected chi connectivity index (χ2v) is 8.97. The fourth-order valence-corrected chi connectivity index (χ4v) is 4.57. The van der Waals surface area contributed by atoms with Crippen molar-refractivity contribution in [1.29, 1.82) is 0 Å². The maximum absolute atomic E-state index is 5.37. The topological polar surface area (TPSA) is 66.4 Å². The molecule has 174 valence electrons. The molecule has 7 heteroatoms. The minimum atomic E-state index is 0.653. The molecule has 7 nitrogen and oxygen atoms in total. The number of benzene rings is 1. The first kappa shape index (κ1) is 22.6. The fourth-order valence-electron chi connectivity index (χ4n) is 4.57. The van der Waals surface area contributed by atoms with Crippen LogP contribution >= 0.6 is 0 Å². The fraction of sp³-hybridized carbons (Fsp3) is 0.640. The molecule has 0 unspecified atom stereocenters. The van der Waals surface area contributed by atoms with Gasteiger partial charge in [0.05, 0.1) is 7.11 Å². The predicted molar refractivity (Wildman–Crippen MR) is 131 cm³/mol. The van der Waals surface area contributed by atoms with E-state index < -0.39 is 0 Å². The minimum absolute atomic E-state index is 0.653. The summed E-state index contributed by atoms with van der Waals surface area (Å²) in [6, 6.07) is 8.12. The van der Waals surface area contributed by atoms with Gasteiger partial charge in [-0.3, -0.25) is 0 Å². The molecule has 0 spiro atoms. The third-order valence-corrected chi connectivity index (χ3v) is 6.47. The number of hydrogen-bond acceptors (Lipinski definition) is 7. The molecule has 4 rings (SSSR count). The summed E-state index contributed by atoms with van der Waals surface area (Å²) in [5, 5.41) is 3.46. The van der Waals surface area contributed by atoms with Gasteiger partial charge in [0.15, 0.2) is 0 Å². The zero-order chi connectivity index (χ0) is 22.0. The first-order chi connectivity index (χ1) is 15.8. The largest absolute Gasteiger partial charge is 0.497 e. The van der Waals surface area contributed by atoms with Crippen molar-refractivity contribution in [2.24, 2.45) is 0 Å². The van der Waals surface area contributed by atoms with E-state index in [2.05, 4.69) is 21.2 Å². The van der Waals surface area contributed by atoms with E-state index in [-0.39, 0.29) is 0 Å². The SMILES string of the molecule is COc1cccc(CNc2nc(N3CCCCCCC3)nc(N3CCCCCCC3)n2)c1. The van der Waals surface area contributed by atoms with Crippen LogP contribution in [0.25, 0.3) is 0 Å². The summed E-state index contributed by atoms with van der Waals surface area (Å²) in [7, 11) is 1.70. The Balaban J connectivity index is 1.56. The van der Waals surface area contributed by atoms with Gasteiger partial charge in [0.2, 0.25) is 17.8 Å². The first-order valence-electron chi connectivity index (χ1n) is 12.4. The van der Waals surface area contributed by atoms with Crippen LogP contribution in [0.1, 0.15) is 69.8 Å². The van der Waals surface area contributed by atoms with Crippen molar-refractivity contribution in [2.45, 2.75) is 70.8 Å². The Morgan fingerprint density at radius 2 is 1.28 bits per heavy atom. The van der Waals surface area contributed by atoms with Gasteiger partial charge in [-0.1, -0.05) is 50.7 Å². The highest BCUT2D eigenvalue weighted by Crippen LogP contribution is 2.23. The van der Waals surface area contributed by atoms with Crippen molar-refractivity contribution in [1.82, 2.24) is 15.0 Å². The van der Waals surface area contributed by atoms with Crippen LogP contribution in [0.5, 0.6) is 5.75 Å². The van der Waals surface area contributed by atoms with Crippen LogP contribution in [0.4, 0.5) is 17.8 Å². The summed E-state index contributed by atoms with van der Waals surface area (Å²) in [6.45, 7) is 4.76. The van der Waals surface area contributed by atoms with Gasteiger partial charge in [-0.2, -0.15) is 15.0 Å². The molecule has 0 amide bonds. The Bertz CT molecular complexity index is 789. The van der Waals surface area contributed by atoms with Gasteiger partial charge in [0.25, 0.3) is 0 Å². The highest BCUT2D eigenvalue weighted by atomic mass is 16.5. The van der Waals surface area contributed by atoms with Crippen molar-refractivity contribution in [2.75, 3.05) is 48.4 Å². The zero-order valence-electron chi connectivity index (χ0n) is 19.6. The lowest BCUT2D eigenvalue weighted by molar-refractivity contribution is 0.414. The van der Waals surface area contributed by atoms with Gasteiger partial charge in [-0.05, 0) is 43.4 Å². The first-order valence-corrected chi connectivity index (χ1v) is 12.4. The van der Waals surface area contributed by atoms with E-state index in [0.717, 1.165) is 49.4 Å². The third kappa shape index (κ3) is 6.47. The van der Waals surface area contributed by atoms with Crippen LogP contribution in [0, 0.1) is 0 Å². The molecule has 1 aromatic heterocycles. The van der Waals surface area contributed by atoms with E-state index in [1.807, 2.05) is 18.2 Å². The van der Waals surface area contributed by atoms with Gasteiger partial charge in [0, 0.05) is 32.7 Å². The Labute approximate surface area is 192 Å². The molecule has 0 atom stereocenters. The lowest BCUT2D eigenvalue weighted by Crippen LogP contribution is -2.32. The smallest absolute Gasteiger partial charge is 0.231 e. The van der Waals surface area contributed by atoms with Crippen LogP contribution < -0.4 is 19.9 Å². The van der Waals surface area contributed by atoms with Crippen molar-refractivity contribution < 1.29 is 4.74 Å². The summed E-state index contributed by atoms with van der Waals surface area (Å²) in [5.74, 6) is 3.18. The normalized spacial score (nSPS) is 18.3. The predicted octanol–water partition coefficient (Wildman–Crippen LogP) is 5.03. The van der Waals surface area contributed by atoms with E-state index in [1.165, 1.54) is 64.2 Å². The maximum Gasteiger partial charge on any atom is 0.231 e. The van der Waals surface area contributed by atoms with Crippen LogP contribution in [0.3, 0.4) is 0 Å². The summed E-state index contributed by atoms with van der Waals surface area (Å²) >= 11 is 0. The number of rotatable bonds is 6. The number of ether oxygens (including phenoxy) is 1. The Morgan fingerprint density at radius 1 is 0.750 bits per heavy atom. The lowest BCUT2D eigenvalue weighted by Gasteiger charge is -2.28. The highest BCUT2D eigenvalue weighted by Gasteiger charge is 2.19. The average Bonchev–Trinajstić information content (AvgIpc) is 2.77. The van der Waals surface area contributed by atoms with Gasteiger partial charge < -0.3 is 19.9 Å². The number of nitrogens with one attached hydrogen (secondary N) is 1. The summed E-state index contributed by atoms with van der Waals surface area (Å²) in [5.41, 5.74) is 1.14. The third-order valence-electron chi connectivity index (χ3n) is 6.47. The second-order valence-electron chi connectivity index (χ2n) is 8.97. The van der Waals surface area contributed by atoms with Crippen LogP contribution in [-0.4, -0.2) is 48.2 Å². The van der Waals surface area contributed by atoms with E-state index in [0.29, 0.717) is 12.5 Å². The monoisotopic (exact) mass is 438 g/mol. The van der Waals surface area contributed by atoms with Gasteiger partial charge in [0.1, 0.15) is 5.75 Å². The maximum atomic E-state index is 5.37. The van der Waals surface area contributed by atoms with E-state index >= 15 is 0 Å². The quantitative estimate of drug-likeness (QED) is 0.678. The second kappa shape index (κ2) is 11.9. The molecule has 32 heavy (non-hydrogen) atoms. The Kier molecular flexibility index (Phi) is 8.40. The van der Waals surface area contributed by atoms with E-state index in [4.69, 9.17) is 19.7 Å². The Morgan fingerprint density at radius 3 is 1.81 bits per heavy atom. The average molecular weight is 439 g/mol. The molecular formula is C25H38N6O. The summed E-state index contributed by atoms with van der Waals surface area (Å²) in [4.78, 5) is 19.4. The molecule has 0 bridgehead atoms. The van der Waals surface area contributed by atoms with Crippen molar-refractivity contribution in [3.05, 3.63) is 29.8 Å². The molecule has 1 N–H and O–H groups in total. The highest BCUT2D eigenvalue weighted by molar-refractivity contribution is 5.46. The lowest BCUT2D eigenvalue weighted by atomic mass is 10.1. The number of nitrogens with zero attached hydrogens (tertiary/aromatic N) is 5. The number of methoxy groups -OCH3 is 1. The van der Waals surface area contributed by atoms with Gasteiger partial charge in [-0.15, -0.1) is 0 Å². The molecule has 2 aliphatic heterocycles. The zero-order valence-corrected chi connectivity index (χ0v) is 19.6. The van der Waals surface area contributed by atoms with Gasteiger partial charge in [-0.25, -0.2) is 0 Å². The summed E-state index contributed by atoms with van der Waals surface area (Å²) < 4.78 is 5.37. The van der Waals surface area contributed by atoms with Crippen molar-refractivity contribution in [3.63, 3.8) is 0 Å². The Hall–Kier alpha value is -2.57. The van der Waals surface area contributed by atoms with Crippen LogP contribution in [0.15, 0.2) is 24.3 Å². The van der Waals surface area contributed by atoms with E-state index in [1.54, 1.807) is 7.11 Å². The van der Waals surface area contributed by atoms with E-state index in [9.17, 15) is 0 Å². The number of aromatic nitrogens is 3. The van der Waals surface area contributed by atoms with Crippen LogP contribution in [0.2, 0.25) is 0 Å². The molecule has 2 aromatic rings. The minimum Gasteiger partial charge on any atom is -0.497 e. The molecule has 0 aliphatic carbocycles. The molecule has 2 fully saturated rings. The standard InChI is InChI=1S/C25H38N6O/c1-32-22-14-12-13-21(19-22)20-26-23-27-24(30-15-8-4-2-5-9-16-30)29-25(28-23)31-17-10-6-3-7-11-18-31/h12-14,19H,2-11,15-18,20H2,1H3,(H,26,27,28,29). The van der Waals surface area contributed by atoms with Crippen molar-refractivity contribution >= 4 is 17.8 Å². The van der Waals surface area contributed by atoms with Gasteiger partial charge >= 0.3 is 0 Å². The molecule has 2 saturated heterocycles. The molecule has 1 aromatic carbocycles. The molecule has 2 aliphatic rings. The molecule has 0 radical (unpaired) electrons. The molecule has 0 saturated carbocycles.